The third-order valence-electron chi connectivity index (χ3n) is 6.60. The van der Waals surface area contributed by atoms with Gasteiger partial charge in [-0.3, -0.25) is 9.69 Å². The summed E-state index contributed by atoms with van der Waals surface area (Å²) in [6.07, 6.45) is 4.00. The lowest BCUT2D eigenvalue weighted by Gasteiger charge is -2.31. The summed E-state index contributed by atoms with van der Waals surface area (Å²) in [4.78, 5) is 15.4. The number of aromatic nitrogens is 1. The van der Waals surface area contributed by atoms with E-state index in [0.29, 0.717) is 11.5 Å². The normalized spacial score (nSPS) is 16.1. The SMILES string of the molecule is COc1ccc(C(C)NC(=O)C2CCN(Cc3cn(C)c4ccccc34)CC2)cc1OC. The molecule has 0 radical (unpaired) electrons. The topological polar surface area (TPSA) is 55.7 Å². The highest BCUT2D eigenvalue weighted by Gasteiger charge is 2.26. The predicted octanol–water partition coefficient (Wildman–Crippen LogP) is 4.28. The van der Waals surface area contributed by atoms with Crippen LogP contribution in [0.4, 0.5) is 0 Å². The fourth-order valence-corrected chi connectivity index (χ4v) is 4.68. The maximum absolute atomic E-state index is 12.9. The van der Waals surface area contributed by atoms with Crippen LogP contribution in [0.5, 0.6) is 11.5 Å². The Morgan fingerprint density at radius 1 is 1.09 bits per heavy atom. The van der Waals surface area contributed by atoms with Crippen molar-refractivity contribution in [3.8, 4) is 11.5 Å². The number of methoxy groups -OCH3 is 2. The Bertz CT molecular complexity index is 1080. The quantitative estimate of drug-likeness (QED) is 0.602. The Morgan fingerprint density at radius 2 is 1.81 bits per heavy atom. The van der Waals surface area contributed by atoms with E-state index >= 15 is 0 Å². The molecule has 1 fully saturated rings. The van der Waals surface area contributed by atoms with Crippen molar-refractivity contribution in [3.63, 3.8) is 0 Å². The first-order valence-electron chi connectivity index (χ1n) is 11.3. The van der Waals surface area contributed by atoms with Gasteiger partial charge in [0, 0.05) is 36.6 Å². The summed E-state index contributed by atoms with van der Waals surface area (Å²) in [7, 11) is 5.34. The van der Waals surface area contributed by atoms with Gasteiger partial charge in [-0.1, -0.05) is 24.3 Å². The number of aryl methyl sites for hydroxylation is 1. The highest BCUT2D eigenvalue weighted by atomic mass is 16.5. The van der Waals surface area contributed by atoms with Crippen molar-refractivity contribution in [2.24, 2.45) is 13.0 Å². The molecule has 1 aliphatic heterocycles. The third kappa shape index (κ3) is 4.60. The maximum atomic E-state index is 12.9. The first kappa shape index (κ1) is 22.2. The number of benzene rings is 2. The molecule has 1 aliphatic rings. The highest BCUT2D eigenvalue weighted by molar-refractivity contribution is 5.83. The fourth-order valence-electron chi connectivity index (χ4n) is 4.68. The first-order valence-corrected chi connectivity index (χ1v) is 11.3. The van der Waals surface area contributed by atoms with Crippen LogP contribution in [0.3, 0.4) is 0 Å². The second-order valence-electron chi connectivity index (χ2n) is 8.68. The molecule has 0 spiro atoms. The molecule has 1 unspecified atom stereocenters. The summed E-state index contributed by atoms with van der Waals surface area (Å²) in [5, 5.41) is 4.51. The van der Waals surface area contributed by atoms with E-state index < -0.39 is 0 Å². The van der Waals surface area contributed by atoms with E-state index in [1.807, 2.05) is 25.1 Å². The van der Waals surface area contributed by atoms with E-state index in [0.717, 1.165) is 38.0 Å². The lowest BCUT2D eigenvalue weighted by molar-refractivity contribution is -0.127. The van der Waals surface area contributed by atoms with E-state index in [9.17, 15) is 4.79 Å². The van der Waals surface area contributed by atoms with Crippen molar-refractivity contribution in [1.82, 2.24) is 14.8 Å². The molecule has 170 valence electrons. The molecule has 1 saturated heterocycles. The van der Waals surface area contributed by atoms with Crippen molar-refractivity contribution in [3.05, 3.63) is 59.8 Å². The van der Waals surface area contributed by atoms with Crippen LogP contribution in [-0.2, 0) is 18.4 Å². The zero-order chi connectivity index (χ0) is 22.7. The van der Waals surface area contributed by atoms with E-state index in [1.165, 1.54) is 16.5 Å². The van der Waals surface area contributed by atoms with E-state index in [2.05, 4.69) is 52.3 Å². The number of ether oxygens (including phenoxy) is 2. The standard InChI is InChI=1S/C26H33N3O3/c1-18(20-9-10-24(31-3)25(15-20)32-4)27-26(30)19-11-13-29(14-12-19)17-21-16-28(2)23-8-6-5-7-22(21)23/h5-10,15-16,18-19H,11-14,17H2,1-4H3,(H,27,30). The maximum Gasteiger partial charge on any atom is 0.223 e. The van der Waals surface area contributed by atoms with E-state index in [4.69, 9.17) is 9.47 Å². The van der Waals surface area contributed by atoms with Gasteiger partial charge in [0.25, 0.3) is 0 Å². The number of carbonyl (C=O) groups is 1. The molecule has 2 heterocycles. The number of nitrogens with one attached hydrogen (secondary N) is 1. The minimum Gasteiger partial charge on any atom is -0.493 e. The Morgan fingerprint density at radius 3 is 2.53 bits per heavy atom. The van der Waals surface area contributed by atoms with Gasteiger partial charge < -0.3 is 19.4 Å². The fraction of sp³-hybridized carbons (Fsp3) is 0.423. The first-order chi connectivity index (χ1) is 15.5. The smallest absolute Gasteiger partial charge is 0.223 e. The van der Waals surface area contributed by atoms with Crippen LogP contribution in [0.1, 0.15) is 36.9 Å². The molecule has 0 bridgehead atoms. The van der Waals surface area contributed by atoms with Crippen molar-refractivity contribution in [2.45, 2.75) is 32.4 Å². The van der Waals surface area contributed by atoms with Gasteiger partial charge in [-0.2, -0.15) is 0 Å². The van der Waals surface area contributed by atoms with Crippen molar-refractivity contribution < 1.29 is 14.3 Å². The molecule has 32 heavy (non-hydrogen) atoms. The number of rotatable bonds is 7. The number of hydrogen-bond acceptors (Lipinski definition) is 4. The number of amides is 1. The van der Waals surface area contributed by atoms with Crippen molar-refractivity contribution in [2.75, 3.05) is 27.3 Å². The van der Waals surface area contributed by atoms with Crippen LogP contribution in [0, 0.1) is 5.92 Å². The van der Waals surface area contributed by atoms with E-state index in [-0.39, 0.29) is 17.9 Å². The molecule has 1 N–H and O–H groups in total. The van der Waals surface area contributed by atoms with Gasteiger partial charge in [-0.15, -0.1) is 0 Å². The second-order valence-corrected chi connectivity index (χ2v) is 8.68. The summed E-state index contributed by atoms with van der Waals surface area (Å²) >= 11 is 0. The summed E-state index contributed by atoms with van der Waals surface area (Å²) in [5.41, 5.74) is 3.62. The second kappa shape index (κ2) is 9.65. The molecular weight excluding hydrogens is 402 g/mol. The molecule has 1 amide bonds. The zero-order valence-corrected chi connectivity index (χ0v) is 19.4. The van der Waals surface area contributed by atoms with Gasteiger partial charge in [-0.25, -0.2) is 0 Å². The molecule has 1 aromatic heterocycles. The minimum absolute atomic E-state index is 0.0568. The number of carbonyl (C=O) groups excluding carboxylic acids is 1. The number of fused-ring (bicyclic) bond motifs is 1. The zero-order valence-electron chi connectivity index (χ0n) is 19.4. The largest absolute Gasteiger partial charge is 0.493 e. The van der Waals surface area contributed by atoms with E-state index in [1.54, 1.807) is 14.2 Å². The predicted molar refractivity (Wildman–Crippen MR) is 127 cm³/mol. The van der Waals surface area contributed by atoms with Gasteiger partial charge in [0.1, 0.15) is 0 Å². The molecule has 0 saturated carbocycles. The molecule has 0 aliphatic carbocycles. The molecule has 6 heteroatoms. The molecular formula is C26H33N3O3. The summed E-state index contributed by atoms with van der Waals surface area (Å²) in [6, 6.07) is 14.2. The number of para-hydroxylation sites is 1. The molecule has 2 aromatic carbocycles. The average Bonchev–Trinajstić information content (AvgIpc) is 3.14. The van der Waals surface area contributed by atoms with Crippen LogP contribution in [0.15, 0.2) is 48.7 Å². The number of nitrogens with zero attached hydrogens (tertiary/aromatic N) is 2. The molecule has 4 rings (SSSR count). The van der Waals surface area contributed by atoms with Crippen LogP contribution >= 0.6 is 0 Å². The molecule has 1 atom stereocenters. The summed E-state index contributed by atoms with van der Waals surface area (Å²) < 4.78 is 12.9. The van der Waals surface area contributed by atoms with Gasteiger partial charge in [0.15, 0.2) is 11.5 Å². The Balaban J connectivity index is 1.32. The number of hydrogen-bond donors (Lipinski definition) is 1. The average molecular weight is 436 g/mol. The van der Waals surface area contributed by atoms with Gasteiger partial charge in [-0.05, 0) is 62.2 Å². The lowest BCUT2D eigenvalue weighted by Crippen LogP contribution is -2.40. The van der Waals surface area contributed by atoms with Gasteiger partial charge in [0.2, 0.25) is 5.91 Å². The molecule has 6 nitrogen and oxygen atoms in total. The third-order valence-corrected chi connectivity index (χ3v) is 6.60. The Kier molecular flexibility index (Phi) is 6.70. The number of likely N-dealkylation sites (tertiary alicyclic amines) is 1. The lowest BCUT2D eigenvalue weighted by atomic mass is 9.94. The van der Waals surface area contributed by atoms with Crippen molar-refractivity contribution >= 4 is 16.8 Å². The van der Waals surface area contributed by atoms with Crippen molar-refractivity contribution in [1.29, 1.82) is 0 Å². The van der Waals surface area contributed by atoms with Crippen LogP contribution in [0.2, 0.25) is 0 Å². The van der Waals surface area contributed by atoms with Crippen LogP contribution in [-0.4, -0.2) is 42.7 Å². The van der Waals surface area contributed by atoms with Crippen LogP contribution in [0.25, 0.3) is 10.9 Å². The monoisotopic (exact) mass is 435 g/mol. The Labute approximate surface area is 190 Å². The van der Waals surface area contributed by atoms with Gasteiger partial charge in [0.05, 0.1) is 20.3 Å². The summed E-state index contributed by atoms with van der Waals surface area (Å²) in [6.45, 7) is 4.81. The molecule has 3 aromatic rings. The van der Waals surface area contributed by atoms with Gasteiger partial charge >= 0.3 is 0 Å². The number of piperidine rings is 1. The minimum atomic E-state index is -0.0870. The summed E-state index contributed by atoms with van der Waals surface area (Å²) in [5.74, 6) is 1.56. The Hall–Kier alpha value is -2.99. The highest BCUT2D eigenvalue weighted by Crippen LogP contribution is 2.30. The van der Waals surface area contributed by atoms with Crippen LogP contribution < -0.4 is 14.8 Å².